The van der Waals surface area contributed by atoms with Crippen LogP contribution in [-0.4, -0.2) is 23.7 Å². The number of nitrogens with zero attached hydrogens (tertiary/aromatic N) is 1. The lowest BCUT2D eigenvalue weighted by molar-refractivity contribution is -0.385. The Morgan fingerprint density at radius 2 is 2.25 bits per heavy atom. The third kappa shape index (κ3) is 2.12. The Labute approximate surface area is 92.8 Å². The van der Waals surface area contributed by atoms with Crippen LogP contribution in [0.15, 0.2) is 18.2 Å². The van der Waals surface area contributed by atoms with Gasteiger partial charge in [-0.05, 0) is 13.0 Å². The first-order valence-corrected chi connectivity index (χ1v) is 4.67. The Hall–Kier alpha value is -1.66. The molecule has 0 amide bonds. The molecule has 0 aliphatic carbocycles. The number of ether oxygens (including phenoxy) is 1. The number of methoxy groups -OCH3 is 1. The summed E-state index contributed by atoms with van der Waals surface area (Å²) in [6.45, 7) is 1.77. The second-order valence-electron chi connectivity index (χ2n) is 3.60. The van der Waals surface area contributed by atoms with Crippen molar-refractivity contribution in [1.29, 1.82) is 0 Å². The molecule has 0 aromatic heterocycles. The lowest BCUT2D eigenvalue weighted by Crippen LogP contribution is -2.33. The van der Waals surface area contributed by atoms with Gasteiger partial charge in [-0.2, -0.15) is 0 Å². The molecule has 1 aromatic carbocycles. The zero-order valence-corrected chi connectivity index (χ0v) is 9.14. The minimum Gasteiger partial charge on any atom is -0.508 e. The first-order valence-electron chi connectivity index (χ1n) is 4.67. The van der Waals surface area contributed by atoms with E-state index in [1.165, 1.54) is 25.3 Å². The van der Waals surface area contributed by atoms with E-state index in [2.05, 4.69) is 0 Å². The summed E-state index contributed by atoms with van der Waals surface area (Å²) in [7, 11) is 1.44. The minimum absolute atomic E-state index is 0.0691. The van der Waals surface area contributed by atoms with Crippen molar-refractivity contribution in [1.82, 2.24) is 0 Å². The van der Waals surface area contributed by atoms with Crippen LogP contribution < -0.4 is 5.73 Å². The Balaban J connectivity index is 3.31. The number of phenolic OH excluding ortho intramolecular Hbond substituents is 1. The molecule has 0 aliphatic heterocycles. The number of hydrogen-bond donors (Lipinski definition) is 2. The lowest BCUT2D eigenvalue weighted by atomic mass is 9.94. The van der Waals surface area contributed by atoms with E-state index in [1.54, 1.807) is 6.92 Å². The average molecular weight is 226 g/mol. The maximum absolute atomic E-state index is 10.6. The summed E-state index contributed by atoms with van der Waals surface area (Å²) in [6.07, 6.45) is 0. The van der Waals surface area contributed by atoms with Gasteiger partial charge in [-0.25, -0.2) is 0 Å². The molecule has 0 bridgehead atoms. The molecule has 0 spiro atoms. The molecular formula is C10H14N2O4. The van der Waals surface area contributed by atoms with Gasteiger partial charge >= 0.3 is 0 Å². The van der Waals surface area contributed by atoms with E-state index in [0.29, 0.717) is 5.56 Å². The summed E-state index contributed by atoms with van der Waals surface area (Å²) in [5, 5.41) is 20.3. The SMILES string of the molecule is COC(C)(CN)c1cc([N+](=O)[O-])ccc1O. The lowest BCUT2D eigenvalue weighted by Gasteiger charge is -2.27. The second-order valence-corrected chi connectivity index (χ2v) is 3.60. The summed E-state index contributed by atoms with van der Waals surface area (Å²) in [5.74, 6) is -0.0691. The molecule has 6 heteroatoms. The molecule has 3 N–H and O–H groups in total. The van der Waals surface area contributed by atoms with Gasteiger partial charge in [0.1, 0.15) is 11.4 Å². The molecule has 0 fully saturated rings. The normalized spacial score (nSPS) is 14.4. The van der Waals surface area contributed by atoms with Crippen LogP contribution in [0, 0.1) is 10.1 Å². The summed E-state index contributed by atoms with van der Waals surface area (Å²) < 4.78 is 5.18. The molecule has 16 heavy (non-hydrogen) atoms. The standard InChI is InChI=1S/C10H14N2O4/c1-10(6-11,16-2)8-5-7(12(14)15)3-4-9(8)13/h3-5,13H,6,11H2,1-2H3. The van der Waals surface area contributed by atoms with Crippen molar-refractivity contribution in [3.63, 3.8) is 0 Å². The highest BCUT2D eigenvalue weighted by Crippen LogP contribution is 2.33. The van der Waals surface area contributed by atoms with Crippen molar-refractivity contribution >= 4 is 5.69 Å². The molecular weight excluding hydrogens is 212 g/mol. The van der Waals surface area contributed by atoms with Crippen molar-refractivity contribution in [3.05, 3.63) is 33.9 Å². The molecule has 0 heterocycles. The molecule has 0 radical (unpaired) electrons. The van der Waals surface area contributed by atoms with E-state index in [9.17, 15) is 15.2 Å². The number of aromatic hydroxyl groups is 1. The van der Waals surface area contributed by atoms with E-state index < -0.39 is 10.5 Å². The maximum Gasteiger partial charge on any atom is 0.270 e. The highest BCUT2D eigenvalue weighted by molar-refractivity contribution is 5.46. The number of non-ortho nitro benzene ring substituents is 1. The van der Waals surface area contributed by atoms with Gasteiger partial charge in [0, 0.05) is 31.4 Å². The third-order valence-electron chi connectivity index (χ3n) is 2.60. The van der Waals surface area contributed by atoms with Crippen LogP contribution in [0.2, 0.25) is 0 Å². The van der Waals surface area contributed by atoms with Gasteiger partial charge in [-0.3, -0.25) is 10.1 Å². The van der Waals surface area contributed by atoms with Crippen molar-refractivity contribution in [2.24, 2.45) is 5.73 Å². The van der Waals surface area contributed by atoms with Gasteiger partial charge in [0.05, 0.1) is 4.92 Å². The van der Waals surface area contributed by atoms with Crippen LogP contribution in [0.5, 0.6) is 5.75 Å². The first kappa shape index (κ1) is 12.4. The van der Waals surface area contributed by atoms with Crippen LogP contribution in [0.3, 0.4) is 0 Å². The van der Waals surface area contributed by atoms with Gasteiger partial charge < -0.3 is 15.6 Å². The van der Waals surface area contributed by atoms with Gasteiger partial charge in [-0.15, -0.1) is 0 Å². The molecule has 1 rings (SSSR count). The zero-order valence-electron chi connectivity index (χ0n) is 9.14. The molecule has 88 valence electrons. The summed E-state index contributed by atoms with van der Waals surface area (Å²) in [4.78, 5) is 10.1. The number of phenols is 1. The monoisotopic (exact) mass is 226 g/mol. The topological polar surface area (TPSA) is 98.6 Å². The van der Waals surface area contributed by atoms with Crippen molar-refractivity contribution in [3.8, 4) is 5.75 Å². The maximum atomic E-state index is 10.6. The van der Waals surface area contributed by atoms with Gasteiger partial charge in [0.15, 0.2) is 0 Å². The molecule has 0 saturated heterocycles. The number of hydrogen-bond acceptors (Lipinski definition) is 5. The van der Waals surface area contributed by atoms with Crippen LogP contribution in [-0.2, 0) is 10.3 Å². The Morgan fingerprint density at radius 3 is 2.69 bits per heavy atom. The first-order chi connectivity index (χ1) is 7.44. The minimum atomic E-state index is -0.934. The molecule has 1 unspecified atom stereocenters. The van der Waals surface area contributed by atoms with Gasteiger partial charge in [0.25, 0.3) is 5.69 Å². The van der Waals surface area contributed by atoms with Crippen molar-refractivity contribution in [2.45, 2.75) is 12.5 Å². The summed E-state index contributed by atoms with van der Waals surface area (Å²) in [6, 6.07) is 3.76. The Bertz CT molecular complexity index is 402. The zero-order chi connectivity index (χ0) is 12.3. The van der Waals surface area contributed by atoms with E-state index in [-0.39, 0.29) is 18.0 Å². The third-order valence-corrected chi connectivity index (χ3v) is 2.60. The predicted molar refractivity (Wildman–Crippen MR) is 58.2 cm³/mol. The van der Waals surface area contributed by atoms with Crippen molar-refractivity contribution in [2.75, 3.05) is 13.7 Å². The average Bonchev–Trinajstić information content (AvgIpc) is 2.28. The van der Waals surface area contributed by atoms with Gasteiger partial charge in [-0.1, -0.05) is 0 Å². The predicted octanol–water partition coefficient (Wildman–Crippen LogP) is 1.12. The molecule has 1 aromatic rings. The van der Waals surface area contributed by atoms with Crippen molar-refractivity contribution < 1.29 is 14.8 Å². The Kier molecular flexibility index (Phi) is 3.46. The van der Waals surface area contributed by atoms with Crippen LogP contribution in [0.1, 0.15) is 12.5 Å². The Morgan fingerprint density at radius 1 is 1.62 bits per heavy atom. The summed E-state index contributed by atoms with van der Waals surface area (Å²) >= 11 is 0. The fraction of sp³-hybridized carbons (Fsp3) is 0.400. The van der Waals surface area contributed by atoms with Crippen LogP contribution in [0.4, 0.5) is 5.69 Å². The smallest absolute Gasteiger partial charge is 0.270 e. The highest BCUT2D eigenvalue weighted by atomic mass is 16.6. The fourth-order valence-electron chi connectivity index (χ4n) is 1.36. The van der Waals surface area contributed by atoms with Gasteiger partial charge in [0.2, 0.25) is 0 Å². The second kappa shape index (κ2) is 4.46. The molecule has 1 atom stereocenters. The van der Waals surface area contributed by atoms with E-state index in [1.807, 2.05) is 0 Å². The van der Waals surface area contributed by atoms with E-state index in [0.717, 1.165) is 0 Å². The van der Waals surface area contributed by atoms with E-state index in [4.69, 9.17) is 10.5 Å². The number of rotatable bonds is 4. The number of nitro groups is 1. The van der Waals surface area contributed by atoms with Crippen LogP contribution in [0.25, 0.3) is 0 Å². The van der Waals surface area contributed by atoms with Crippen LogP contribution >= 0.6 is 0 Å². The van der Waals surface area contributed by atoms with E-state index >= 15 is 0 Å². The summed E-state index contributed by atoms with van der Waals surface area (Å²) in [5.41, 5.74) is 4.81. The number of benzene rings is 1. The highest BCUT2D eigenvalue weighted by Gasteiger charge is 2.29. The molecule has 6 nitrogen and oxygen atoms in total. The fourth-order valence-corrected chi connectivity index (χ4v) is 1.36. The number of nitrogens with two attached hydrogens (primary N) is 1. The largest absolute Gasteiger partial charge is 0.508 e. The number of nitro benzene ring substituents is 1. The molecule has 0 aliphatic rings. The molecule has 0 saturated carbocycles. The quantitative estimate of drug-likeness (QED) is 0.592.